The highest BCUT2D eigenvalue weighted by molar-refractivity contribution is 7.90. The average Bonchev–Trinajstić information content (AvgIpc) is 3.14. The first-order chi connectivity index (χ1) is 11.3. The molecule has 0 radical (unpaired) electrons. The topological polar surface area (TPSA) is 72.3 Å². The Morgan fingerprint density at radius 1 is 1.33 bits per heavy atom. The SMILES string of the molecule is Cc1ccc(S(C)(=O)=O)cc1C(=O)N1CCCC1c1cnn(C)c1. The zero-order valence-corrected chi connectivity index (χ0v) is 14.9. The van der Waals surface area contributed by atoms with Gasteiger partial charge in [-0.25, -0.2) is 8.42 Å². The van der Waals surface area contributed by atoms with Crippen LogP contribution in [0, 0.1) is 6.92 Å². The number of carbonyl (C=O) groups is 1. The van der Waals surface area contributed by atoms with Crippen molar-refractivity contribution in [2.75, 3.05) is 12.8 Å². The second kappa shape index (κ2) is 6.05. The second-order valence-electron chi connectivity index (χ2n) is 6.35. The van der Waals surface area contributed by atoms with Crippen LogP contribution in [0.1, 0.15) is 40.4 Å². The summed E-state index contributed by atoms with van der Waals surface area (Å²) in [5.74, 6) is -0.121. The summed E-state index contributed by atoms with van der Waals surface area (Å²) in [6, 6.07) is 4.72. The minimum absolute atomic E-state index is 0.00695. The molecule has 1 fully saturated rings. The van der Waals surface area contributed by atoms with Crippen molar-refractivity contribution in [2.24, 2.45) is 7.05 Å². The lowest BCUT2D eigenvalue weighted by atomic mass is 10.1. The lowest BCUT2D eigenvalue weighted by Crippen LogP contribution is -2.31. The monoisotopic (exact) mass is 347 g/mol. The molecule has 1 unspecified atom stereocenters. The molecule has 2 aromatic rings. The van der Waals surface area contributed by atoms with Gasteiger partial charge in [0.1, 0.15) is 0 Å². The van der Waals surface area contributed by atoms with Gasteiger partial charge in [0, 0.05) is 37.2 Å². The van der Waals surface area contributed by atoms with Crippen LogP contribution in [0.2, 0.25) is 0 Å². The molecule has 0 bridgehead atoms. The summed E-state index contributed by atoms with van der Waals surface area (Å²) >= 11 is 0. The molecule has 1 amide bonds. The number of amides is 1. The Morgan fingerprint density at radius 3 is 2.71 bits per heavy atom. The minimum Gasteiger partial charge on any atom is -0.331 e. The van der Waals surface area contributed by atoms with E-state index >= 15 is 0 Å². The zero-order valence-electron chi connectivity index (χ0n) is 14.1. The molecule has 2 heterocycles. The van der Waals surface area contributed by atoms with Crippen LogP contribution in [0.25, 0.3) is 0 Å². The van der Waals surface area contributed by atoms with Gasteiger partial charge in [-0.05, 0) is 37.5 Å². The van der Waals surface area contributed by atoms with Gasteiger partial charge in [-0.1, -0.05) is 6.07 Å². The van der Waals surface area contributed by atoms with E-state index in [1.54, 1.807) is 23.0 Å². The van der Waals surface area contributed by atoms with E-state index in [2.05, 4.69) is 5.10 Å². The van der Waals surface area contributed by atoms with Crippen LogP contribution in [0.3, 0.4) is 0 Å². The van der Waals surface area contributed by atoms with Crippen molar-refractivity contribution in [1.29, 1.82) is 0 Å². The van der Waals surface area contributed by atoms with E-state index in [4.69, 9.17) is 0 Å². The highest BCUT2D eigenvalue weighted by atomic mass is 32.2. The number of aryl methyl sites for hydroxylation is 2. The first-order valence-electron chi connectivity index (χ1n) is 7.87. The molecule has 0 saturated carbocycles. The van der Waals surface area contributed by atoms with Crippen LogP contribution < -0.4 is 0 Å². The van der Waals surface area contributed by atoms with Crippen LogP contribution in [0.4, 0.5) is 0 Å². The zero-order chi connectivity index (χ0) is 17.5. The van der Waals surface area contributed by atoms with Gasteiger partial charge in [-0.15, -0.1) is 0 Å². The van der Waals surface area contributed by atoms with Crippen molar-refractivity contribution in [3.8, 4) is 0 Å². The van der Waals surface area contributed by atoms with E-state index in [0.29, 0.717) is 12.1 Å². The van der Waals surface area contributed by atoms with Gasteiger partial charge in [0.05, 0.1) is 17.1 Å². The molecule has 1 saturated heterocycles. The van der Waals surface area contributed by atoms with Crippen molar-refractivity contribution in [3.05, 3.63) is 47.3 Å². The maximum absolute atomic E-state index is 13.0. The Hall–Kier alpha value is -2.15. The number of benzene rings is 1. The first-order valence-corrected chi connectivity index (χ1v) is 9.77. The van der Waals surface area contributed by atoms with Crippen molar-refractivity contribution in [1.82, 2.24) is 14.7 Å². The number of rotatable bonds is 3. The highest BCUT2D eigenvalue weighted by Crippen LogP contribution is 2.33. The maximum atomic E-state index is 13.0. The van der Waals surface area contributed by atoms with Crippen LogP contribution in [-0.2, 0) is 16.9 Å². The lowest BCUT2D eigenvalue weighted by Gasteiger charge is -2.25. The summed E-state index contributed by atoms with van der Waals surface area (Å²) in [6.07, 6.45) is 6.69. The molecule has 128 valence electrons. The van der Waals surface area contributed by atoms with E-state index in [1.807, 2.05) is 25.1 Å². The fourth-order valence-corrected chi connectivity index (χ4v) is 3.83. The number of hydrogen-bond donors (Lipinski definition) is 0. The third-order valence-corrected chi connectivity index (χ3v) is 5.60. The van der Waals surface area contributed by atoms with Gasteiger partial charge in [0.2, 0.25) is 0 Å². The molecule has 0 aliphatic carbocycles. The van der Waals surface area contributed by atoms with Crippen molar-refractivity contribution in [3.63, 3.8) is 0 Å². The number of hydrogen-bond acceptors (Lipinski definition) is 4. The van der Waals surface area contributed by atoms with E-state index in [1.165, 1.54) is 6.07 Å². The van der Waals surface area contributed by atoms with Gasteiger partial charge in [0.25, 0.3) is 5.91 Å². The normalized spacial score (nSPS) is 18.1. The number of nitrogens with zero attached hydrogens (tertiary/aromatic N) is 3. The van der Waals surface area contributed by atoms with Gasteiger partial charge in [-0.2, -0.15) is 5.10 Å². The van der Waals surface area contributed by atoms with Crippen LogP contribution in [-0.4, -0.2) is 41.8 Å². The van der Waals surface area contributed by atoms with Gasteiger partial charge >= 0.3 is 0 Å². The van der Waals surface area contributed by atoms with Crippen molar-refractivity contribution < 1.29 is 13.2 Å². The van der Waals surface area contributed by atoms with E-state index in [9.17, 15) is 13.2 Å². The predicted octanol–water partition coefficient (Wildman–Crippen LogP) is 2.11. The summed E-state index contributed by atoms with van der Waals surface area (Å²) in [5.41, 5.74) is 2.25. The van der Waals surface area contributed by atoms with Crippen LogP contribution in [0.5, 0.6) is 0 Å². The van der Waals surface area contributed by atoms with Crippen molar-refractivity contribution in [2.45, 2.75) is 30.7 Å². The summed E-state index contributed by atoms with van der Waals surface area (Å²) in [6.45, 7) is 2.50. The molecule has 1 aromatic heterocycles. The highest BCUT2D eigenvalue weighted by Gasteiger charge is 2.32. The number of likely N-dealkylation sites (tertiary alicyclic amines) is 1. The Morgan fingerprint density at radius 2 is 2.08 bits per heavy atom. The van der Waals surface area contributed by atoms with E-state index < -0.39 is 9.84 Å². The number of aromatic nitrogens is 2. The quantitative estimate of drug-likeness (QED) is 0.852. The second-order valence-corrected chi connectivity index (χ2v) is 8.37. The van der Waals surface area contributed by atoms with Gasteiger partial charge in [-0.3, -0.25) is 9.48 Å². The fraction of sp³-hybridized carbons (Fsp3) is 0.412. The summed E-state index contributed by atoms with van der Waals surface area (Å²) in [7, 11) is -1.49. The summed E-state index contributed by atoms with van der Waals surface area (Å²) < 4.78 is 25.3. The standard InChI is InChI=1S/C17H21N3O3S/c1-12-6-7-14(24(3,22)23)9-15(12)17(21)20-8-4-5-16(20)13-10-18-19(2)11-13/h6-7,9-11,16H,4-5,8H2,1-3H3. The lowest BCUT2D eigenvalue weighted by molar-refractivity contribution is 0.0734. The molecule has 0 N–H and O–H groups in total. The molecular weight excluding hydrogens is 326 g/mol. The molecule has 6 nitrogen and oxygen atoms in total. The molecule has 24 heavy (non-hydrogen) atoms. The molecule has 1 aromatic carbocycles. The van der Waals surface area contributed by atoms with Crippen molar-refractivity contribution >= 4 is 15.7 Å². The Labute approximate surface area is 142 Å². The Balaban J connectivity index is 1.96. The van der Waals surface area contributed by atoms with Crippen LogP contribution >= 0.6 is 0 Å². The third kappa shape index (κ3) is 3.08. The minimum atomic E-state index is -3.35. The fourth-order valence-electron chi connectivity index (χ4n) is 3.19. The molecule has 3 rings (SSSR count). The smallest absolute Gasteiger partial charge is 0.254 e. The van der Waals surface area contributed by atoms with E-state index in [-0.39, 0.29) is 16.8 Å². The Bertz CT molecular complexity index is 886. The number of sulfone groups is 1. The van der Waals surface area contributed by atoms with E-state index in [0.717, 1.165) is 30.2 Å². The summed E-state index contributed by atoms with van der Waals surface area (Å²) in [5, 5.41) is 4.19. The van der Waals surface area contributed by atoms with Crippen LogP contribution in [0.15, 0.2) is 35.5 Å². The number of carbonyl (C=O) groups excluding carboxylic acids is 1. The molecule has 1 atom stereocenters. The average molecular weight is 347 g/mol. The molecule has 1 aliphatic rings. The summed E-state index contributed by atoms with van der Waals surface area (Å²) in [4.78, 5) is 15.0. The molecule has 7 heteroatoms. The third-order valence-electron chi connectivity index (χ3n) is 4.49. The van der Waals surface area contributed by atoms with Gasteiger partial charge < -0.3 is 4.90 Å². The molecular formula is C17H21N3O3S. The first kappa shape index (κ1) is 16.7. The molecule has 1 aliphatic heterocycles. The van der Waals surface area contributed by atoms with Gasteiger partial charge in [0.15, 0.2) is 9.84 Å². The molecule has 0 spiro atoms. The maximum Gasteiger partial charge on any atom is 0.254 e. The predicted molar refractivity (Wildman–Crippen MR) is 90.5 cm³/mol. The Kier molecular flexibility index (Phi) is 4.21. The largest absolute Gasteiger partial charge is 0.331 e.